The van der Waals surface area contributed by atoms with E-state index in [2.05, 4.69) is 26.1 Å². The molecule has 0 aliphatic heterocycles. The molecule has 1 rings (SSSR count). The predicted octanol–water partition coefficient (Wildman–Crippen LogP) is 3.67. The number of ether oxygens (including phenoxy) is 1. The lowest BCUT2D eigenvalue weighted by Crippen LogP contribution is -2.38. The van der Waals surface area contributed by atoms with Crippen molar-refractivity contribution in [3.05, 3.63) is 0 Å². The van der Waals surface area contributed by atoms with Crippen molar-refractivity contribution in [2.45, 2.75) is 84.3 Å². The zero-order valence-electron chi connectivity index (χ0n) is 12.9. The molecule has 112 valence electrons. The molecular weight excluding hydrogens is 238 g/mol. The van der Waals surface area contributed by atoms with Crippen LogP contribution < -0.4 is 5.32 Å². The summed E-state index contributed by atoms with van der Waals surface area (Å²) < 4.78 is 5.70. The number of hydrogen-bond acceptors (Lipinski definition) is 2. The van der Waals surface area contributed by atoms with Crippen molar-refractivity contribution in [1.82, 2.24) is 5.32 Å². The van der Waals surface area contributed by atoms with Gasteiger partial charge in [-0.25, -0.2) is 0 Å². The van der Waals surface area contributed by atoms with E-state index in [1.165, 1.54) is 25.7 Å². The Hall–Kier alpha value is -0.570. The number of carbonyl (C=O) groups is 1. The lowest BCUT2D eigenvalue weighted by Gasteiger charge is -2.23. The van der Waals surface area contributed by atoms with Crippen LogP contribution in [0.5, 0.6) is 0 Å². The molecule has 0 aromatic rings. The Morgan fingerprint density at radius 3 is 2.47 bits per heavy atom. The number of amides is 1. The van der Waals surface area contributed by atoms with Crippen LogP contribution in [-0.2, 0) is 9.53 Å². The summed E-state index contributed by atoms with van der Waals surface area (Å²) in [5, 5.41) is 3.10. The summed E-state index contributed by atoms with van der Waals surface area (Å²) in [6.07, 6.45) is 9.62. The van der Waals surface area contributed by atoms with Crippen LogP contribution in [0.4, 0.5) is 0 Å². The maximum Gasteiger partial charge on any atom is 0.246 e. The van der Waals surface area contributed by atoms with Crippen molar-refractivity contribution >= 4 is 5.91 Å². The summed E-state index contributed by atoms with van der Waals surface area (Å²) in [6, 6.07) is 0.310. The molecule has 0 spiro atoms. The normalized spacial score (nSPS) is 18.5. The lowest BCUT2D eigenvalue weighted by atomic mass is 9.98. The molecule has 0 saturated heterocycles. The molecule has 1 aliphatic carbocycles. The van der Waals surface area contributed by atoms with Gasteiger partial charge in [0.15, 0.2) is 0 Å². The van der Waals surface area contributed by atoms with Gasteiger partial charge in [-0.15, -0.1) is 0 Å². The van der Waals surface area contributed by atoms with Gasteiger partial charge in [-0.05, 0) is 38.0 Å². The first kappa shape index (κ1) is 16.5. The van der Waals surface area contributed by atoms with Gasteiger partial charge in [0.1, 0.15) is 6.61 Å². The van der Waals surface area contributed by atoms with Gasteiger partial charge >= 0.3 is 0 Å². The lowest BCUT2D eigenvalue weighted by molar-refractivity contribution is -0.129. The van der Waals surface area contributed by atoms with Crippen LogP contribution in [0, 0.1) is 5.92 Å². The SMILES string of the molecule is CCC(CCC(C)C)NC(=O)COC1CCCCC1. The van der Waals surface area contributed by atoms with Crippen molar-refractivity contribution < 1.29 is 9.53 Å². The second kappa shape index (κ2) is 9.35. The Kier molecular flexibility index (Phi) is 8.11. The van der Waals surface area contributed by atoms with Crippen LogP contribution in [0.25, 0.3) is 0 Å². The Morgan fingerprint density at radius 1 is 1.21 bits per heavy atom. The minimum Gasteiger partial charge on any atom is -0.368 e. The van der Waals surface area contributed by atoms with Crippen LogP contribution in [-0.4, -0.2) is 24.7 Å². The van der Waals surface area contributed by atoms with E-state index in [1.54, 1.807) is 0 Å². The van der Waals surface area contributed by atoms with Gasteiger partial charge in [0, 0.05) is 6.04 Å². The van der Waals surface area contributed by atoms with Gasteiger partial charge in [-0.1, -0.05) is 40.0 Å². The Morgan fingerprint density at radius 2 is 1.89 bits per heavy atom. The maximum atomic E-state index is 11.9. The molecule has 1 N–H and O–H groups in total. The summed E-state index contributed by atoms with van der Waals surface area (Å²) >= 11 is 0. The number of carbonyl (C=O) groups excluding carboxylic acids is 1. The molecule has 3 heteroatoms. The van der Waals surface area contributed by atoms with Crippen LogP contribution >= 0.6 is 0 Å². The highest BCUT2D eigenvalue weighted by Crippen LogP contribution is 2.20. The molecule has 1 atom stereocenters. The van der Waals surface area contributed by atoms with Crippen LogP contribution in [0.3, 0.4) is 0 Å². The third-order valence-electron chi connectivity index (χ3n) is 3.95. The molecule has 1 fully saturated rings. The van der Waals surface area contributed by atoms with E-state index >= 15 is 0 Å². The predicted molar refractivity (Wildman–Crippen MR) is 79.1 cm³/mol. The minimum atomic E-state index is 0.0566. The topological polar surface area (TPSA) is 38.3 Å². The van der Waals surface area contributed by atoms with Gasteiger partial charge in [0.2, 0.25) is 5.91 Å². The zero-order valence-corrected chi connectivity index (χ0v) is 12.9. The molecule has 0 radical (unpaired) electrons. The van der Waals surface area contributed by atoms with E-state index in [4.69, 9.17) is 4.74 Å². The Balaban J connectivity index is 2.16. The first-order valence-electron chi connectivity index (χ1n) is 8.02. The maximum absolute atomic E-state index is 11.9. The number of nitrogens with one attached hydrogen (secondary N) is 1. The first-order chi connectivity index (χ1) is 9.11. The number of hydrogen-bond donors (Lipinski definition) is 1. The highest BCUT2D eigenvalue weighted by atomic mass is 16.5. The molecule has 19 heavy (non-hydrogen) atoms. The van der Waals surface area contributed by atoms with Crippen molar-refractivity contribution in [2.75, 3.05) is 6.61 Å². The Labute approximate surface area is 118 Å². The summed E-state index contributed by atoms with van der Waals surface area (Å²) in [5.41, 5.74) is 0. The monoisotopic (exact) mass is 269 g/mol. The second-order valence-corrected chi connectivity index (χ2v) is 6.21. The summed E-state index contributed by atoms with van der Waals surface area (Å²) in [7, 11) is 0. The third kappa shape index (κ3) is 7.56. The number of rotatable bonds is 8. The largest absolute Gasteiger partial charge is 0.368 e. The molecule has 3 nitrogen and oxygen atoms in total. The van der Waals surface area contributed by atoms with Gasteiger partial charge in [-0.2, -0.15) is 0 Å². The summed E-state index contributed by atoms with van der Waals surface area (Å²) in [6.45, 7) is 6.82. The van der Waals surface area contributed by atoms with Gasteiger partial charge in [0.25, 0.3) is 0 Å². The minimum absolute atomic E-state index is 0.0566. The smallest absolute Gasteiger partial charge is 0.246 e. The summed E-state index contributed by atoms with van der Waals surface area (Å²) in [5.74, 6) is 0.755. The van der Waals surface area contributed by atoms with E-state index in [-0.39, 0.29) is 12.5 Å². The standard InChI is InChI=1S/C16H31NO2/c1-4-14(11-10-13(2)3)17-16(18)12-19-15-8-6-5-7-9-15/h13-15H,4-12H2,1-3H3,(H,17,18). The van der Waals surface area contributed by atoms with Gasteiger partial charge < -0.3 is 10.1 Å². The first-order valence-corrected chi connectivity index (χ1v) is 8.02. The zero-order chi connectivity index (χ0) is 14.1. The average Bonchev–Trinajstić information content (AvgIpc) is 2.42. The van der Waals surface area contributed by atoms with E-state index in [9.17, 15) is 4.79 Å². The van der Waals surface area contributed by atoms with Crippen LogP contribution in [0.2, 0.25) is 0 Å². The van der Waals surface area contributed by atoms with Crippen LogP contribution in [0.1, 0.15) is 72.1 Å². The quantitative estimate of drug-likeness (QED) is 0.730. The highest BCUT2D eigenvalue weighted by molar-refractivity contribution is 5.77. The summed E-state index contributed by atoms with van der Waals surface area (Å²) in [4.78, 5) is 11.9. The second-order valence-electron chi connectivity index (χ2n) is 6.21. The molecule has 1 saturated carbocycles. The fraction of sp³-hybridized carbons (Fsp3) is 0.938. The third-order valence-corrected chi connectivity index (χ3v) is 3.95. The van der Waals surface area contributed by atoms with Gasteiger partial charge in [-0.3, -0.25) is 4.79 Å². The molecule has 0 aromatic carbocycles. The molecule has 0 heterocycles. The van der Waals surface area contributed by atoms with Crippen molar-refractivity contribution in [2.24, 2.45) is 5.92 Å². The van der Waals surface area contributed by atoms with Crippen molar-refractivity contribution in [1.29, 1.82) is 0 Å². The van der Waals surface area contributed by atoms with E-state index in [0.29, 0.717) is 18.1 Å². The van der Waals surface area contributed by atoms with E-state index in [0.717, 1.165) is 25.7 Å². The van der Waals surface area contributed by atoms with E-state index in [1.807, 2.05) is 0 Å². The Bertz CT molecular complexity index is 247. The fourth-order valence-corrected chi connectivity index (χ4v) is 2.61. The molecular formula is C16H31NO2. The molecule has 0 bridgehead atoms. The molecule has 1 amide bonds. The average molecular weight is 269 g/mol. The van der Waals surface area contributed by atoms with E-state index < -0.39 is 0 Å². The van der Waals surface area contributed by atoms with Gasteiger partial charge in [0.05, 0.1) is 6.10 Å². The fourth-order valence-electron chi connectivity index (χ4n) is 2.61. The highest BCUT2D eigenvalue weighted by Gasteiger charge is 2.16. The van der Waals surface area contributed by atoms with Crippen molar-refractivity contribution in [3.63, 3.8) is 0 Å². The molecule has 0 aromatic heterocycles. The van der Waals surface area contributed by atoms with Crippen LogP contribution in [0.15, 0.2) is 0 Å². The molecule has 1 aliphatic rings. The van der Waals surface area contributed by atoms with Crippen molar-refractivity contribution in [3.8, 4) is 0 Å². The molecule has 1 unspecified atom stereocenters.